The van der Waals surface area contributed by atoms with E-state index in [0.29, 0.717) is 10.8 Å². The predicted molar refractivity (Wildman–Crippen MR) is 82.8 cm³/mol. The average molecular weight is 336 g/mol. The van der Waals surface area contributed by atoms with Crippen LogP contribution in [0.15, 0.2) is 29.4 Å². The van der Waals surface area contributed by atoms with E-state index >= 15 is 0 Å². The Morgan fingerprint density at radius 2 is 2.17 bits per heavy atom. The molecule has 1 aromatic carbocycles. The summed E-state index contributed by atoms with van der Waals surface area (Å²) in [6.07, 6.45) is 5.36. The summed E-state index contributed by atoms with van der Waals surface area (Å²) in [5, 5.41) is 11.7. The zero-order chi connectivity index (χ0) is 16.1. The standard InChI is InChI=1S/C15H17FN4O2S/c16-11-5-4-6-12(9-11)20-15(17-18-19-20)23-10-14(21)22-13-7-2-1-3-8-13/h4-6,9,13H,1-3,7-8,10H2. The molecule has 0 N–H and O–H groups in total. The van der Waals surface area contributed by atoms with Crippen molar-refractivity contribution in [3.8, 4) is 5.69 Å². The first-order valence-corrected chi connectivity index (χ1v) is 8.57. The molecule has 1 aliphatic rings. The van der Waals surface area contributed by atoms with Gasteiger partial charge in [-0.05, 0) is 54.3 Å². The second-order valence-electron chi connectivity index (χ2n) is 5.39. The maximum Gasteiger partial charge on any atom is 0.316 e. The molecule has 3 rings (SSSR count). The van der Waals surface area contributed by atoms with Crippen LogP contribution in [0.1, 0.15) is 32.1 Å². The lowest BCUT2D eigenvalue weighted by atomic mass is 9.98. The highest BCUT2D eigenvalue weighted by atomic mass is 32.2. The zero-order valence-electron chi connectivity index (χ0n) is 12.5. The molecule has 0 unspecified atom stereocenters. The Labute approximate surface area is 137 Å². The third-order valence-corrected chi connectivity index (χ3v) is 4.56. The van der Waals surface area contributed by atoms with Crippen molar-refractivity contribution in [1.29, 1.82) is 0 Å². The van der Waals surface area contributed by atoms with Gasteiger partial charge < -0.3 is 4.74 Å². The fourth-order valence-corrected chi connectivity index (χ4v) is 3.24. The molecule has 1 heterocycles. The van der Waals surface area contributed by atoms with Gasteiger partial charge >= 0.3 is 5.97 Å². The topological polar surface area (TPSA) is 69.9 Å². The SMILES string of the molecule is O=C(CSc1nnnn1-c1cccc(F)c1)OC1CCCCC1. The van der Waals surface area contributed by atoms with Crippen LogP contribution >= 0.6 is 11.8 Å². The molecule has 0 atom stereocenters. The van der Waals surface area contributed by atoms with Crippen molar-refractivity contribution < 1.29 is 13.9 Å². The first-order chi connectivity index (χ1) is 11.2. The molecule has 23 heavy (non-hydrogen) atoms. The van der Waals surface area contributed by atoms with E-state index in [2.05, 4.69) is 15.5 Å². The third kappa shape index (κ3) is 4.28. The molecule has 122 valence electrons. The van der Waals surface area contributed by atoms with Crippen LogP contribution in [0.4, 0.5) is 4.39 Å². The number of carbonyl (C=O) groups excluding carboxylic acids is 1. The van der Waals surface area contributed by atoms with Crippen LogP contribution < -0.4 is 0 Å². The Morgan fingerprint density at radius 3 is 2.96 bits per heavy atom. The highest BCUT2D eigenvalue weighted by Crippen LogP contribution is 2.22. The number of tetrazole rings is 1. The van der Waals surface area contributed by atoms with E-state index in [4.69, 9.17) is 4.74 Å². The Bertz CT molecular complexity index is 673. The van der Waals surface area contributed by atoms with Gasteiger partial charge in [0.05, 0.1) is 11.4 Å². The Kier molecular flexibility index (Phi) is 5.22. The fraction of sp³-hybridized carbons (Fsp3) is 0.467. The number of halogens is 1. The minimum atomic E-state index is -0.370. The van der Waals surface area contributed by atoms with E-state index in [1.54, 1.807) is 12.1 Å². The Balaban J connectivity index is 1.58. The summed E-state index contributed by atoms with van der Waals surface area (Å²) in [6, 6.07) is 5.96. The lowest BCUT2D eigenvalue weighted by molar-refractivity contribution is -0.147. The van der Waals surface area contributed by atoms with Crippen molar-refractivity contribution in [1.82, 2.24) is 20.2 Å². The van der Waals surface area contributed by atoms with Gasteiger partial charge in [-0.2, -0.15) is 4.68 Å². The summed E-state index contributed by atoms with van der Waals surface area (Å²) in [6.45, 7) is 0. The molecule has 1 fully saturated rings. The second-order valence-corrected chi connectivity index (χ2v) is 6.33. The predicted octanol–water partition coefficient (Wildman–Crippen LogP) is 2.77. The summed E-state index contributed by atoms with van der Waals surface area (Å²) >= 11 is 1.18. The zero-order valence-corrected chi connectivity index (χ0v) is 13.3. The van der Waals surface area contributed by atoms with E-state index in [9.17, 15) is 9.18 Å². The average Bonchev–Trinajstić information content (AvgIpc) is 3.02. The van der Waals surface area contributed by atoms with Crippen LogP contribution in [-0.4, -0.2) is 38.0 Å². The molecular weight excluding hydrogens is 319 g/mol. The van der Waals surface area contributed by atoms with Gasteiger partial charge in [-0.25, -0.2) is 4.39 Å². The van der Waals surface area contributed by atoms with E-state index in [-0.39, 0.29) is 23.6 Å². The minimum Gasteiger partial charge on any atom is -0.462 e. The number of esters is 1. The van der Waals surface area contributed by atoms with Gasteiger partial charge in [0.15, 0.2) is 0 Å². The number of carbonyl (C=O) groups is 1. The number of hydrogen-bond donors (Lipinski definition) is 0. The molecular formula is C15H17FN4O2S. The maximum atomic E-state index is 13.3. The number of benzene rings is 1. The molecule has 1 saturated carbocycles. The van der Waals surface area contributed by atoms with E-state index in [0.717, 1.165) is 25.7 Å². The van der Waals surface area contributed by atoms with E-state index in [1.165, 1.54) is 35.0 Å². The molecule has 0 radical (unpaired) electrons. The van der Waals surface area contributed by atoms with Gasteiger partial charge in [-0.15, -0.1) is 5.10 Å². The smallest absolute Gasteiger partial charge is 0.316 e. The molecule has 0 aliphatic heterocycles. The number of thioether (sulfide) groups is 1. The van der Waals surface area contributed by atoms with Gasteiger partial charge in [-0.1, -0.05) is 24.2 Å². The summed E-state index contributed by atoms with van der Waals surface area (Å²) in [5.74, 6) is -0.506. The van der Waals surface area contributed by atoms with Gasteiger partial charge in [0.1, 0.15) is 11.9 Å². The molecule has 6 nitrogen and oxygen atoms in total. The van der Waals surface area contributed by atoms with Crippen molar-refractivity contribution in [2.75, 3.05) is 5.75 Å². The monoisotopic (exact) mass is 336 g/mol. The summed E-state index contributed by atoms with van der Waals surface area (Å²) < 4.78 is 20.2. The van der Waals surface area contributed by atoms with Crippen LogP contribution in [0.2, 0.25) is 0 Å². The number of hydrogen-bond acceptors (Lipinski definition) is 6. The highest BCUT2D eigenvalue weighted by molar-refractivity contribution is 7.99. The Hall–Kier alpha value is -1.96. The molecule has 0 saturated heterocycles. The first kappa shape index (κ1) is 15.9. The van der Waals surface area contributed by atoms with Crippen LogP contribution in [0.25, 0.3) is 5.69 Å². The highest BCUT2D eigenvalue weighted by Gasteiger charge is 2.19. The van der Waals surface area contributed by atoms with Crippen molar-refractivity contribution in [2.24, 2.45) is 0 Å². The molecule has 0 amide bonds. The van der Waals surface area contributed by atoms with E-state index in [1.807, 2.05) is 0 Å². The summed E-state index contributed by atoms with van der Waals surface area (Å²) in [4.78, 5) is 11.9. The second kappa shape index (κ2) is 7.54. The summed E-state index contributed by atoms with van der Waals surface area (Å²) in [7, 11) is 0. The number of ether oxygens (including phenoxy) is 1. The molecule has 1 aromatic heterocycles. The van der Waals surface area contributed by atoms with Crippen molar-refractivity contribution in [3.63, 3.8) is 0 Å². The van der Waals surface area contributed by atoms with Gasteiger partial charge in [0.2, 0.25) is 5.16 Å². The quantitative estimate of drug-likeness (QED) is 0.618. The molecule has 2 aromatic rings. The lowest BCUT2D eigenvalue weighted by Gasteiger charge is -2.21. The third-order valence-electron chi connectivity index (χ3n) is 3.66. The number of nitrogens with zero attached hydrogens (tertiary/aromatic N) is 4. The Morgan fingerprint density at radius 1 is 1.35 bits per heavy atom. The largest absolute Gasteiger partial charge is 0.462 e. The van der Waals surface area contributed by atoms with Crippen molar-refractivity contribution in [3.05, 3.63) is 30.1 Å². The molecule has 0 spiro atoms. The molecule has 8 heteroatoms. The van der Waals surface area contributed by atoms with Crippen molar-refractivity contribution >= 4 is 17.7 Å². The summed E-state index contributed by atoms with van der Waals surface area (Å²) in [5.41, 5.74) is 0.512. The van der Waals surface area contributed by atoms with Crippen LogP contribution in [0.3, 0.4) is 0 Å². The lowest BCUT2D eigenvalue weighted by Crippen LogP contribution is -2.22. The minimum absolute atomic E-state index is 0.0380. The number of rotatable bonds is 5. The van der Waals surface area contributed by atoms with Crippen LogP contribution in [-0.2, 0) is 9.53 Å². The normalized spacial score (nSPS) is 15.5. The molecule has 0 bridgehead atoms. The van der Waals surface area contributed by atoms with E-state index < -0.39 is 0 Å². The van der Waals surface area contributed by atoms with Gasteiger partial charge in [0.25, 0.3) is 0 Å². The fourth-order valence-electron chi connectivity index (χ4n) is 2.57. The van der Waals surface area contributed by atoms with Crippen LogP contribution in [0.5, 0.6) is 0 Å². The first-order valence-electron chi connectivity index (χ1n) is 7.59. The van der Waals surface area contributed by atoms with Gasteiger partial charge in [-0.3, -0.25) is 4.79 Å². The van der Waals surface area contributed by atoms with Crippen LogP contribution in [0, 0.1) is 5.82 Å². The molecule has 1 aliphatic carbocycles. The maximum absolute atomic E-state index is 13.3. The van der Waals surface area contributed by atoms with Gasteiger partial charge in [0, 0.05) is 0 Å². The number of aromatic nitrogens is 4. The van der Waals surface area contributed by atoms with Crippen molar-refractivity contribution in [2.45, 2.75) is 43.4 Å².